The van der Waals surface area contributed by atoms with E-state index in [1.165, 1.54) is 4.90 Å². The zero-order valence-electron chi connectivity index (χ0n) is 17.9. The third kappa shape index (κ3) is 3.67. The molecule has 2 aromatic heterocycles. The summed E-state index contributed by atoms with van der Waals surface area (Å²) >= 11 is 1.55. The number of carbonyl (C=O) groups excluding carboxylic acids is 2. The molecular formula is C21H27N5O3S. The van der Waals surface area contributed by atoms with Crippen LogP contribution >= 0.6 is 11.3 Å². The summed E-state index contributed by atoms with van der Waals surface area (Å²) in [6.45, 7) is 6.41. The number of thiophene rings is 1. The van der Waals surface area contributed by atoms with Crippen LogP contribution in [-0.2, 0) is 28.9 Å². The standard InChI is InChI=1S/C21H27N5O3S/c1-5-14-10-17(23-13(2)22-14)25-7-6-15-16(11-25)30-21-19(15)20(28)24(3)12-18(27)26(21)8-9-29-4/h10H,5-9,11-12H2,1-4H3. The van der Waals surface area contributed by atoms with Crippen LogP contribution in [0.25, 0.3) is 0 Å². The molecule has 2 aliphatic rings. The van der Waals surface area contributed by atoms with Gasteiger partial charge in [-0.1, -0.05) is 6.92 Å². The van der Waals surface area contributed by atoms with Gasteiger partial charge in [-0.3, -0.25) is 14.5 Å². The Morgan fingerprint density at radius 1 is 1.23 bits per heavy atom. The summed E-state index contributed by atoms with van der Waals surface area (Å²) in [5, 5.41) is 0.756. The monoisotopic (exact) mass is 429 g/mol. The second-order valence-corrected chi connectivity index (χ2v) is 8.76. The molecule has 0 radical (unpaired) electrons. The van der Waals surface area contributed by atoms with Crippen molar-refractivity contribution < 1.29 is 14.3 Å². The Hall–Kier alpha value is -2.52. The topological polar surface area (TPSA) is 78.9 Å². The number of aryl methyl sites for hydroxylation is 2. The third-order valence-electron chi connectivity index (χ3n) is 5.60. The van der Waals surface area contributed by atoms with Crippen molar-refractivity contribution in [1.82, 2.24) is 14.9 Å². The van der Waals surface area contributed by atoms with Crippen LogP contribution in [0.15, 0.2) is 6.07 Å². The first-order valence-electron chi connectivity index (χ1n) is 10.2. The fraction of sp³-hybridized carbons (Fsp3) is 0.524. The van der Waals surface area contributed by atoms with Crippen molar-refractivity contribution in [1.29, 1.82) is 0 Å². The van der Waals surface area contributed by atoms with Gasteiger partial charge in [-0.25, -0.2) is 9.97 Å². The van der Waals surface area contributed by atoms with E-state index in [0.717, 1.165) is 52.2 Å². The summed E-state index contributed by atoms with van der Waals surface area (Å²) in [7, 11) is 3.31. The number of carbonyl (C=O) groups is 2. The number of methoxy groups -OCH3 is 1. The number of aromatic nitrogens is 2. The van der Waals surface area contributed by atoms with Gasteiger partial charge >= 0.3 is 0 Å². The lowest BCUT2D eigenvalue weighted by molar-refractivity contribution is -0.119. The highest BCUT2D eigenvalue weighted by Crippen LogP contribution is 2.41. The van der Waals surface area contributed by atoms with Gasteiger partial charge in [-0.15, -0.1) is 11.3 Å². The van der Waals surface area contributed by atoms with E-state index in [0.29, 0.717) is 25.3 Å². The SMILES string of the molecule is CCc1cc(N2CCc3c(sc4c3C(=O)N(C)CC(=O)N4CCOC)C2)nc(C)n1. The van der Waals surface area contributed by atoms with Gasteiger partial charge in [0.2, 0.25) is 5.91 Å². The largest absolute Gasteiger partial charge is 0.383 e. The van der Waals surface area contributed by atoms with Crippen LogP contribution in [0.1, 0.15) is 39.2 Å². The minimum atomic E-state index is -0.0737. The summed E-state index contributed by atoms with van der Waals surface area (Å²) in [6.07, 6.45) is 1.61. The molecule has 9 heteroatoms. The number of hydrogen-bond donors (Lipinski definition) is 0. The molecule has 0 atom stereocenters. The Morgan fingerprint density at radius 2 is 2.03 bits per heavy atom. The molecule has 2 aromatic rings. The second kappa shape index (κ2) is 8.31. The summed E-state index contributed by atoms with van der Waals surface area (Å²) < 4.78 is 5.20. The molecule has 0 spiro atoms. The molecule has 0 aromatic carbocycles. The Kier molecular flexibility index (Phi) is 5.75. The van der Waals surface area contributed by atoms with E-state index >= 15 is 0 Å². The van der Waals surface area contributed by atoms with Crippen molar-refractivity contribution in [3.8, 4) is 0 Å². The molecule has 4 heterocycles. The molecule has 0 unspecified atom stereocenters. The van der Waals surface area contributed by atoms with Gasteiger partial charge in [0.1, 0.15) is 23.2 Å². The highest BCUT2D eigenvalue weighted by molar-refractivity contribution is 7.17. The van der Waals surface area contributed by atoms with Crippen LogP contribution in [0.4, 0.5) is 10.8 Å². The number of amides is 2. The van der Waals surface area contributed by atoms with Gasteiger partial charge in [0, 0.05) is 37.3 Å². The first kappa shape index (κ1) is 20.7. The number of hydrogen-bond acceptors (Lipinski definition) is 7. The molecule has 2 amide bonds. The molecule has 0 saturated carbocycles. The molecule has 0 fully saturated rings. The summed E-state index contributed by atoms with van der Waals surface area (Å²) in [5.41, 5.74) is 2.78. The van der Waals surface area contributed by atoms with Crippen LogP contribution in [-0.4, -0.2) is 67.1 Å². The van der Waals surface area contributed by atoms with E-state index in [1.54, 1.807) is 30.4 Å². The molecule has 0 aliphatic carbocycles. The van der Waals surface area contributed by atoms with Gasteiger partial charge in [-0.05, 0) is 25.3 Å². The Labute approximate surface area is 180 Å². The van der Waals surface area contributed by atoms with E-state index in [2.05, 4.69) is 21.8 Å². The number of anilines is 2. The van der Waals surface area contributed by atoms with Crippen molar-refractivity contribution in [2.75, 3.05) is 50.2 Å². The maximum atomic E-state index is 13.1. The molecule has 2 aliphatic heterocycles. The molecule has 30 heavy (non-hydrogen) atoms. The maximum Gasteiger partial charge on any atom is 0.257 e. The molecule has 160 valence electrons. The van der Waals surface area contributed by atoms with Gasteiger partial charge < -0.3 is 14.5 Å². The number of fused-ring (bicyclic) bond motifs is 3. The Morgan fingerprint density at radius 3 is 2.77 bits per heavy atom. The van der Waals surface area contributed by atoms with E-state index in [9.17, 15) is 9.59 Å². The fourth-order valence-corrected chi connectivity index (χ4v) is 5.42. The van der Waals surface area contributed by atoms with E-state index in [1.807, 2.05) is 13.0 Å². The van der Waals surface area contributed by atoms with Gasteiger partial charge in [-0.2, -0.15) is 0 Å². The zero-order chi connectivity index (χ0) is 21.4. The first-order chi connectivity index (χ1) is 14.4. The van der Waals surface area contributed by atoms with Crippen molar-refractivity contribution in [3.05, 3.63) is 33.6 Å². The second-order valence-electron chi connectivity index (χ2n) is 7.67. The lowest BCUT2D eigenvalue weighted by Gasteiger charge is -2.29. The average Bonchev–Trinajstić information content (AvgIpc) is 3.07. The summed E-state index contributed by atoms with van der Waals surface area (Å²) in [4.78, 5) is 41.6. The average molecular weight is 430 g/mol. The predicted octanol–water partition coefficient (Wildman–Crippen LogP) is 2.04. The number of rotatable bonds is 5. The maximum absolute atomic E-state index is 13.1. The van der Waals surface area contributed by atoms with Gasteiger partial charge in [0.05, 0.1) is 25.3 Å². The lowest BCUT2D eigenvalue weighted by Crippen LogP contribution is -2.39. The summed E-state index contributed by atoms with van der Waals surface area (Å²) in [6, 6.07) is 2.05. The molecule has 0 saturated heterocycles. The minimum absolute atomic E-state index is 0.0730. The molecule has 8 nitrogen and oxygen atoms in total. The Balaban J connectivity index is 1.72. The van der Waals surface area contributed by atoms with Crippen LogP contribution in [0.3, 0.4) is 0 Å². The third-order valence-corrected chi connectivity index (χ3v) is 6.84. The van der Waals surface area contributed by atoms with Crippen LogP contribution in [0, 0.1) is 6.92 Å². The number of nitrogens with zero attached hydrogens (tertiary/aromatic N) is 5. The lowest BCUT2D eigenvalue weighted by atomic mass is 10.0. The van der Waals surface area contributed by atoms with Gasteiger partial charge in [0.15, 0.2) is 0 Å². The van der Waals surface area contributed by atoms with E-state index in [4.69, 9.17) is 4.74 Å². The van der Waals surface area contributed by atoms with Crippen molar-refractivity contribution >= 4 is 34.0 Å². The highest BCUT2D eigenvalue weighted by Gasteiger charge is 2.36. The molecule has 4 rings (SSSR count). The van der Waals surface area contributed by atoms with Crippen LogP contribution < -0.4 is 9.80 Å². The molecular weight excluding hydrogens is 402 g/mol. The quantitative estimate of drug-likeness (QED) is 0.724. The Bertz CT molecular complexity index is 989. The predicted molar refractivity (Wildman–Crippen MR) is 116 cm³/mol. The number of ether oxygens (including phenoxy) is 1. The first-order valence-corrected chi connectivity index (χ1v) is 11.0. The van der Waals surface area contributed by atoms with E-state index in [-0.39, 0.29) is 18.4 Å². The van der Waals surface area contributed by atoms with E-state index < -0.39 is 0 Å². The molecule has 0 N–H and O–H groups in total. The summed E-state index contributed by atoms with van der Waals surface area (Å²) in [5.74, 6) is 1.54. The normalized spacial score (nSPS) is 16.6. The minimum Gasteiger partial charge on any atom is -0.383 e. The fourth-order valence-electron chi connectivity index (χ4n) is 4.02. The number of likely N-dealkylation sites (N-methyl/N-ethyl adjacent to an activating group) is 1. The highest BCUT2D eigenvalue weighted by atomic mass is 32.1. The van der Waals surface area contributed by atoms with Gasteiger partial charge in [0.25, 0.3) is 5.91 Å². The van der Waals surface area contributed by atoms with Crippen LogP contribution in [0.5, 0.6) is 0 Å². The van der Waals surface area contributed by atoms with Crippen molar-refractivity contribution in [2.45, 2.75) is 33.2 Å². The zero-order valence-corrected chi connectivity index (χ0v) is 18.7. The van der Waals surface area contributed by atoms with Crippen LogP contribution in [0.2, 0.25) is 0 Å². The molecule has 0 bridgehead atoms. The van der Waals surface area contributed by atoms with Crippen molar-refractivity contribution in [2.24, 2.45) is 0 Å². The van der Waals surface area contributed by atoms with Crippen molar-refractivity contribution in [3.63, 3.8) is 0 Å². The smallest absolute Gasteiger partial charge is 0.257 e.